The highest BCUT2D eigenvalue weighted by molar-refractivity contribution is 7.88. The summed E-state index contributed by atoms with van der Waals surface area (Å²) in [5.41, 5.74) is 0. The van der Waals surface area contributed by atoms with Gasteiger partial charge in [-0.05, 0) is 0 Å². The van der Waals surface area contributed by atoms with Gasteiger partial charge < -0.3 is 0 Å². The Bertz CT molecular complexity index is 581. The fourth-order valence-corrected chi connectivity index (χ4v) is 2.14. The summed E-state index contributed by atoms with van der Waals surface area (Å²) in [7, 11) is -15.3. The molecular weight excluding hydrogens is 425 g/mol. The minimum atomic E-state index is -5.75. The van der Waals surface area contributed by atoms with Crippen LogP contribution in [0.2, 0.25) is 0 Å². The van der Waals surface area contributed by atoms with Crippen LogP contribution in [0.4, 0.5) is 26.3 Å². The average molecular weight is 434 g/mol. The molecule has 0 amide bonds. The van der Waals surface area contributed by atoms with E-state index in [0.717, 1.165) is 0 Å². The molecule has 9 nitrogen and oxygen atoms in total. The van der Waals surface area contributed by atoms with Crippen LogP contribution < -0.4 is 0 Å². The summed E-state index contributed by atoms with van der Waals surface area (Å²) < 4.78 is 142. The molecule has 0 rings (SSSR count). The average Bonchev–Trinajstić information content (AvgIpc) is 2.46. The van der Waals surface area contributed by atoms with Crippen molar-refractivity contribution in [3.05, 3.63) is 0 Å². The van der Waals surface area contributed by atoms with Crippen LogP contribution in [0.3, 0.4) is 0 Å². The van der Waals surface area contributed by atoms with E-state index in [1.54, 1.807) is 0 Å². The van der Waals surface area contributed by atoms with Gasteiger partial charge in [-0.3, -0.25) is 13.6 Å². The lowest BCUT2D eigenvalue weighted by Crippen LogP contribution is -2.33. The SMILES string of the molecule is O=[PH](OCOS(=O)(=O)C(F)(F)CF)OCOS(=O)(=O)C(F)(F)CF. The van der Waals surface area contributed by atoms with Crippen LogP contribution in [-0.2, 0) is 42.2 Å². The first-order valence-electron chi connectivity index (χ1n) is 5.17. The normalized spacial score (nSPS) is 14.3. The van der Waals surface area contributed by atoms with Crippen molar-refractivity contribution in [2.24, 2.45) is 0 Å². The third-order valence-corrected chi connectivity index (χ3v) is 5.00. The lowest BCUT2D eigenvalue weighted by atomic mass is 10.8. The topological polar surface area (TPSA) is 122 Å². The van der Waals surface area contributed by atoms with Gasteiger partial charge in [0, 0.05) is 0 Å². The van der Waals surface area contributed by atoms with E-state index in [0.29, 0.717) is 0 Å². The summed E-state index contributed by atoms with van der Waals surface area (Å²) in [5, 5.41) is -9.80. The predicted octanol–water partition coefficient (Wildman–Crippen LogP) is 1.14. The van der Waals surface area contributed by atoms with Gasteiger partial charge in [0.1, 0.15) is 0 Å². The highest BCUT2D eigenvalue weighted by Gasteiger charge is 2.47. The Morgan fingerprint density at radius 1 is 0.750 bits per heavy atom. The zero-order valence-electron chi connectivity index (χ0n) is 11.1. The maximum absolute atomic E-state index is 12.5. The Morgan fingerprint density at radius 2 is 1.04 bits per heavy atom. The van der Waals surface area contributed by atoms with Gasteiger partial charge in [0.25, 0.3) is 0 Å². The van der Waals surface area contributed by atoms with E-state index in [-0.39, 0.29) is 0 Å². The summed E-state index contributed by atoms with van der Waals surface area (Å²) >= 11 is 0. The van der Waals surface area contributed by atoms with Gasteiger partial charge >= 0.3 is 39.0 Å². The minimum Gasteiger partial charge on any atom is -0.282 e. The molecule has 0 bridgehead atoms. The van der Waals surface area contributed by atoms with Gasteiger partial charge in [-0.25, -0.2) is 17.1 Å². The second kappa shape index (κ2) is 8.77. The van der Waals surface area contributed by atoms with Crippen LogP contribution in [0.5, 0.6) is 0 Å². The molecule has 0 aliphatic rings. The molecule has 0 spiro atoms. The number of rotatable bonds is 12. The van der Waals surface area contributed by atoms with E-state index in [1.165, 1.54) is 0 Å². The smallest absolute Gasteiger partial charge is 0.282 e. The van der Waals surface area contributed by atoms with Crippen LogP contribution in [0, 0.1) is 0 Å². The van der Waals surface area contributed by atoms with Crippen molar-refractivity contribution in [3.8, 4) is 0 Å². The van der Waals surface area contributed by atoms with E-state index >= 15 is 0 Å². The molecule has 0 aromatic heterocycles. The fraction of sp³-hybridized carbons (Fsp3) is 1.00. The lowest BCUT2D eigenvalue weighted by Gasteiger charge is -2.14. The van der Waals surface area contributed by atoms with E-state index in [9.17, 15) is 47.7 Å². The first-order chi connectivity index (χ1) is 10.7. The molecule has 0 aliphatic carbocycles. The molecule has 0 aliphatic heterocycles. The Morgan fingerprint density at radius 3 is 1.29 bits per heavy atom. The summed E-state index contributed by atoms with van der Waals surface area (Å²) in [6.07, 6.45) is 0. The van der Waals surface area contributed by atoms with Crippen LogP contribution in [0.1, 0.15) is 0 Å². The van der Waals surface area contributed by atoms with Crippen LogP contribution in [0.25, 0.3) is 0 Å². The molecule has 24 heavy (non-hydrogen) atoms. The molecule has 146 valence electrons. The molecule has 0 fully saturated rings. The third kappa shape index (κ3) is 6.45. The molecule has 0 N–H and O–H groups in total. The second-order valence-electron chi connectivity index (χ2n) is 3.46. The molecule has 0 radical (unpaired) electrons. The largest absolute Gasteiger partial charge is 0.397 e. The Hall–Kier alpha value is -0.450. The maximum atomic E-state index is 12.5. The Labute approximate surface area is 132 Å². The first kappa shape index (κ1) is 23.5. The van der Waals surface area contributed by atoms with E-state index in [1.807, 2.05) is 0 Å². The maximum Gasteiger partial charge on any atom is 0.397 e. The molecular formula is C6H9F6O9PS2. The quantitative estimate of drug-likeness (QED) is 0.193. The number of hydrogen-bond donors (Lipinski definition) is 0. The summed E-state index contributed by atoms with van der Waals surface area (Å²) in [5.74, 6) is 0. The summed E-state index contributed by atoms with van der Waals surface area (Å²) in [6, 6.07) is 0. The van der Waals surface area contributed by atoms with Crippen molar-refractivity contribution in [1.82, 2.24) is 0 Å². The molecule has 0 heterocycles. The first-order valence-corrected chi connectivity index (χ1v) is 9.21. The molecule has 0 saturated heterocycles. The standard InChI is InChI=1S/C6H9F6O9PS2/c7-1-5(9,10)23(14,15)20-3-18-22(13)19-4-21-24(16,17)6(11,12)2-8/h22H,1-4H2. The van der Waals surface area contributed by atoms with Crippen LogP contribution >= 0.6 is 8.25 Å². The zero-order valence-corrected chi connectivity index (χ0v) is 13.7. The molecule has 0 saturated carbocycles. The highest BCUT2D eigenvalue weighted by Crippen LogP contribution is 2.29. The Kier molecular flexibility index (Phi) is 8.61. The van der Waals surface area contributed by atoms with E-state index in [2.05, 4.69) is 17.4 Å². The van der Waals surface area contributed by atoms with Crippen molar-refractivity contribution in [2.45, 2.75) is 10.5 Å². The van der Waals surface area contributed by atoms with Crippen molar-refractivity contribution in [1.29, 1.82) is 0 Å². The highest BCUT2D eigenvalue weighted by atomic mass is 32.2. The zero-order chi connectivity index (χ0) is 19.2. The number of halogens is 6. The van der Waals surface area contributed by atoms with Crippen molar-refractivity contribution < 1.29 is 65.2 Å². The molecule has 0 unspecified atom stereocenters. The van der Waals surface area contributed by atoms with E-state index < -0.39 is 65.9 Å². The lowest BCUT2D eigenvalue weighted by molar-refractivity contribution is 0.0205. The molecule has 0 aromatic carbocycles. The number of hydrogen-bond acceptors (Lipinski definition) is 9. The molecule has 18 heteroatoms. The van der Waals surface area contributed by atoms with Gasteiger partial charge in [0.2, 0.25) is 0 Å². The van der Waals surface area contributed by atoms with Crippen molar-refractivity contribution in [3.63, 3.8) is 0 Å². The number of alkyl halides is 6. The van der Waals surface area contributed by atoms with Gasteiger partial charge in [-0.1, -0.05) is 0 Å². The van der Waals surface area contributed by atoms with Gasteiger partial charge in [-0.15, -0.1) is 0 Å². The minimum absolute atomic E-state index is 1.65. The molecule has 0 atom stereocenters. The Balaban J connectivity index is 4.32. The third-order valence-electron chi connectivity index (χ3n) is 1.80. The monoisotopic (exact) mass is 434 g/mol. The summed E-state index contributed by atoms with van der Waals surface area (Å²) in [6.45, 7) is -8.53. The summed E-state index contributed by atoms with van der Waals surface area (Å²) in [4.78, 5) is 0. The van der Waals surface area contributed by atoms with Crippen molar-refractivity contribution in [2.75, 3.05) is 26.9 Å². The second-order valence-corrected chi connectivity index (χ2v) is 8.02. The molecule has 0 aromatic rings. The van der Waals surface area contributed by atoms with Gasteiger partial charge in [0.15, 0.2) is 26.9 Å². The van der Waals surface area contributed by atoms with Gasteiger partial charge in [-0.2, -0.15) is 34.4 Å². The fourth-order valence-electron chi connectivity index (χ4n) is 0.619. The van der Waals surface area contributed by atoms with Crippen LogP contribution in [0.15, 0.2) is 0 Å². The van der Waals surface area contributed by atoms with Gasteiger partial charge in [0.05, 0.1) is 0 Å². The van der Waals surface area contributed by atoms with E-state index in [4.69, 9.17) is 0 Å². The predicted molar refractivity (Wildman–Crippen MR) is 62.8 cm³/mol. The van der Waals surface area contributed by atoms with Crippen molar-refractivity contribution >= 4 is 28.5 Å². The van der Waals surface area contributed by atoms with Crippen LogP contribution in [-0.4, -0.2) is 54.3 Å².